The Balaban J connectivity index is 1.75. The van der Waals surface area contributed by atoms with Crippen LogP contribution in [0.25, 0.3) is 0 Å². The molecular formula is C16H22FNO. The zero-order valence-electron chi connectivity index (χ0n) is 11.5. The first-order chi connectivity index (χ1) is 9.29. The summed E-state index contributed by atoms with van der Waals surface area (Å²) in [4.78, 5) is 0. The number of hydrogen-bond donors (Lipinski definition) is 1. The number of ether oxygens (including phenoxy) is 1. The lowest BCUT2D eigenvalue weighted by Crippen LogP contribution is -2.26. The summed E-state index contributed by atoms with van der Waals surface area (Å²) in [6, 6.07) is 6.26. The van der Waals surface area contributed by atoms with Crippen molar-refractivity contribution >= 4 is 0 Å². The molecule has 3 rings (SSSR count). The molecule has 0 radical (unpaired) electrons. The Kier molecular flexibility index (Phi) is 3.74. The quantitative estimate of drug-likeness (QED) is 0.878. The first-order valence-corrected chi connectivity index (χ1v) is 7.35. The molecule has 0 aliphatic heterocycles. The molecule has 2 nitrogen and oxygen atoms in total. The lowest BCUT2D eigenvalue weighted by atomic mass is 9.88. The van der Waals surface area contributed by atoms with Gasteiger partial charge in [-0.15, -0.1) is 0 Å². The van der Waals surface area contributed by atoms with Crippen molar-refractivity contribution in [2.45, 2.75) is 44.1 Å². The largest absolute Gasteiger partial charge is 0.494 e. The molecule has 2 unspecified atom stereocenters. The number of methoxy groups -OCH3 is 1. The lowest BCUT2D eigenvalue weighted by Gasteiger charge is -2.21. The number of benzene rings is 1. The van der Waals surface area contributed by atoms with Gasteiger partial charge in [-0.25, -0.2) is 4.39 Å². The zero-order chi connectivity index (χ0) is 13.2. The predicted molar refractivity (Wildman–Crippen MR) is 74.1 cm³/mol. The highest BCUT2D eigenvalue weighted by atomic mass is 19.1. The lowest BCUT2D eigenvalue weighted by molar-refractivity contribution is 0.375. The smallest absolute Gasteiger partial charge is 0.168 e. The molecule has 0 aromatic heterocycles. The fraction of sp³-hybridized carbons (Fsp3) is 0.625. The van der Waals surface area contributed by atoms with Gasteiger partial charge in [0.25, 0.3) is 0 Å². The van der Waals surface area contributed by atoms with Gasteiger partial charge in [-0.05, 0) is 55.7 Å². The van der Waals surface area contributed by atoms with Crippen LogP contribution in [-0.2, 0) is 0 Å². The van der Waals surface area contributed by atoms with Crippen molar-refractivity contribution in [1.29, 1.82) is 0 Å². The number of rotatable bonds is 5. The normalized spacial score (nSPS) is 26.6. The third-order valence-corrected chi connectivity index (χ3v) is 4.52. The highest BCUT2D eigenvalue weighted by molar-refractivity contribution is 5.34. The molecule has 104 valence electrons. The fourth-order valence-electron chi connectivity index (χ4n) is 3.27. The molecule has 0 bridgehead atoms. The van der Waals surface area contributed by atoms with E-state index in [9.17, 15) is 4.39 Å². The van der Waals surface area contributed by atoms with E-state index in [0.29, 0.717) is 17.6 Å². The van der Waals surface area contributed by atoms with Crippen LogP contribution in [0.1, 0.15) is 43.6 Å². The van der Waals surface area contributed by atoms with E-state index in [1.54, 1.807) is 6.07 Å². The molecule has 0 spiro atoms. The summed E-state index contributed by atoms with van der Waals surface area (Å²) in [5.41, 5.74) is 0.847. The fourth-order valence-corrected chi connectivity index (χ4v) is 3.27. The van der Waals surface area contributed by atoms with Crippen molar-refractivity contribution in [1.82, 2.24) is 5.32 Å². The summed E-state index contributed by atoms with van der Waals surface area (Å²) in [6.45, 7) is 1.03. The highest BCUT2D eigenvalue weighted by Gasteiger charge is 2.32. The second-order valence-electron chi connectivity index (χ2n) is 5.84. The molecule has 1 N–H and O–H groups in total. The van der Waals surface area contributed by atoms with Gasteiger partial charge in [-0.3, -0.25) is 0 Å². The molecule has 0 saturated heterocycles. The van der Waals surface area contributed by atoms with E-state index in [1.165, 1.54) is 32.8 Å². The van der Waals surface area contributed by atoms with Crippen molar-refractivity contribution in [3.63, 3.8) is 0 Å². The van der Waals surface area contributed by atoms with Gasteiger partial charge in [0.1, 0.15) is 0 Å². The minimum absolute atomic E-state index is 0.159. The first kappa shape index (κ1) is 12.9. The molecule has 2 saturated carbocycles. The second kappa shape index (κ2) is 5.49. The van der Waals surface area contributed by atoms with Crippen LogP contribution < -0.4 is 10.1 Å². The van der Waals surface area contributed by atoms with Gasteiger partial charge in [0.05, 0.1) is 7.11 Å². The minimum Gasteiger partial charge on any atom is -0.494 e. The van der Waals surface area contributed by atoms with Gasteiger partial charge in [0, 0.05) is 6.04 Å². The van der Waals surface area contributed by atoms with Crippen molar-refractivity contribution in [2.75, 3.05) is 13.7 Å². The summed E-state index contributed by atoms with van der Waals surface area (Å²) < 4.78 is 19.5. The van der Waals surface area contributed by atoms with Gasteiger partial charge in [0.15, 0.2) is 11.6 Å². The molecule has 1 aromatic rings. The monoisotopic (exact) mass is 263 g/mol. The first-order valence-electron chi connectivity index (χ1n) is 7.35. The van der Waals surface area contributed by atoms with Gasteiger partial charge in [0.2, 0.25) is 0 Å². The average molecular weight is 263 g/mol. The minimum atomic E-state index is -0.159. The van der Waals surface area contributed by atoms with Gasteiger partial charge < -0.3 is 10.1 Å². The SMILES string of the molecule is COc1cccc(C2CCCC2CNC2CC2)c1F. The Labute approximate surface area is 114 Å². The predicted octanol–water partition coefficient (Wildman–Crippen LogP) is 3.47. The van der Waals surface area contributed by atoms with Crippen LogP contribution in [0.3, 0.4) is 0 Å². The van der Waals surface area contributed by atoms with E-state index in [4.69, 9.17) is 4.74 Å². The Morgan fingerprint density at radius 1 is 1.26 bits per heavy atom. The summed E-state index contributed by atoms with van der Waals surface area (Å²) in [5, 5.41) is 3.59. The summed E-state index contributed by atoms with van der Waals surface area (Å²) in [7, 11) is 1.53. The van der Waals surface area contributed by atoms with E-state index < -0.39 is 0 Å². The third kappa shape index (κ3) is 2.76. The molecule has 0 heterocycles. The van der Waals surface area contributed by atoms with Gasteiger partial charge in [-0.2, -0.15) is 0 Å². The van der Waals surface area contributed by atoms with E-state index in [1.807, 2.05) is 12.1 Å². The van der Waals surface area contributed by atoms with Gasteiger partial charge >= 0.3 is 0 Å². The topological polar surface area (TPSA) is 21.3 Å². The molecule has 2 aliphatic carbocycles. The molecule has 3 heteroatoms. The molecule has 2 aliphatic rings. The zero-order valence-corrected chi connectivity index (χ0v) is 11.5. The Bertz CT molecular complexity index is 444. The average Bonchev–Trinajstić information content (AvgIpc) is 3.14. The van der Waals surface area contributed by atoms with E-state index in [2.05, 4.69) is 5.32 Å². The van der Waals surface area contributed by atoms with Crippen LogP contribution in [0, 0.1) is 11.7 Å². The van der Waals surface area contributed by atoms with E-state index >= 15 is 0 Å². The summed E-state index contributed by atoms with van der Waals surface area (Å²) in [6.07, 6.45) is 6.14. The number of nitrogens with one attached hydrogen (secondary N) is 1. The van der Waals surface area contributed by atoms with Crippen LogP contribution in [0.15, 0.2) is 18.2 Å². The third-order valence-electron chi connectivity index (χ3n) is 4.52. The molecule has 2 atom stereocenters. The second-order valence-corrected chi connectivity index (χ2v) is 5.84. The van der Waals surface area contributed by atoms with Crippen LogP contribution in [0.5, 0.6) is 5.75 Å². The van der Waals surface area contributed by atoms with Crippen LogP contribution >= 0.6 is 0 Å². The van der Waals surface area contributed by atoms with Crippen molar-refractivity contribution in [2.24, 2.45) is 5.92 Å². The Morgan fingerprint density at radius 2 is 2.11 bits per heavy atom. The van der Waals surface area contributed by atoms with Crippen LogP contribution in [0.2, 0.25) is 0 Å². The van der Waals surface area contributed by atoms with E-state index in [0.717, 1.165) is 24.6 Å². The van der Waals surface area contributed by atoms with Crippen LogP contribution in [-0.4, -0.2) is 19.7 Å². The molecule has 0 amide bonds. The maximum atomic E-state index is 14.4. The maximum Gasteiger partial charge on any atom is 0.168 e. The van der Waals surface area contributed by atoms with Gasteiger partial charge in [-0.1, -0.05) is 18.6 Å². The molecular weight excluding hydrogens is 241 g/mol. The highest BCUT2D eigenvalue weighted by Crippen LogP contribution is 2.42. The Hall–Kier alpha value is -1.09. The number of hydrogen-bond acceptors (Lipinski definition) is 2. The summed E-state index contributed by atoms with van der Waals surface area (Å²) >= 11 is 0. The summed E-state index contributed by atoms with van der Waals surface area (Å²) in [5.74, 6) is 1.13. The van der Waals surface area contributed by atoms with Crippen molar-refractivity contribution < 1.29 is 9.13 Å². The molecule has 1 aromatic carbocycles. The van der Waals surface area contributed by atoms with Crippen molar-refractivity contribution in [3.05, 3.63) is 29.6 Å². The number of halogens is 1. The van der Waals surface area contributed by atoms with Crippen molar-refractivity contribution in [3.8, 4) is 5.75 Å². The van der Waals surface area contributed by atoms with E-state index in [-0.39, 0.29) is 5.82 Å². The standard InChI is InChI=1S/C16H22FNO/c1-19-15-7-3-6-14(16(15)17)13-5-2-4-11(13)10-18-12-8-9-12/h3,6-7,11-13,18H,2,4-5,8-10H2,1H3. The maximum absolute atomic E-state index is 14.4. The Morgan fingerprint density at radius 3 is 2.84 bits per heavy atom. The van der Waals surface area contributed by atoms with Crippen LogP contribution in [0.4, 0.5) is 4.39 Å². The molecule has 19 heavy (non-hydrogen) atoms. The molecule has 2 fully saturated rings.